The molecule has 0 saturated carbocycles. The Morgan fingerprint density at radius 3 is 2.54 bits per heavy atom. The molecule has 0 atom stereocenters. The van der Waals surface area contributed by atoms with Gasteiger partial charge in [-0.3, -0.25) is 0 Å². The number of ether oxygens (including phenoxy) is 3. The number of hydrogen-bond donors (Lipinski definition) is 0. The summed E-state index contributed by atoms with van der Waals surface area (Å²) in [5, 5.41) is 0. The highest BCUT2D eigenvalue weighted by Gasteiger charge is 2.13. The van der Waals surface area contributed by atoms with Gasteiger partial charge in [0.15, 0.2) is 11.5 Å². The van der Waals surface area contributed by atoms with Crippen molar-refractivity contribution in [2.75, 3.05) is 13.7 Å². The Morgan fingerprint density at radius 1 is 0.886 bits per heavy atom. The number of unbranched alkanes of at least 4 members (excludes halogenated alkanes) is 1. The van der Waals surface area contributed by atoms with Crippen molar-refractivity contribution >= 4 is 17.1 Å². The van der Waals surface area contributed by atoms with Gasteiger partial charge in [-0.15, -0.1) is 0 Å². The first kappa shape index (κ1) is 24.4. The molecule has 4 aromatic rings. The molecule has 1 aromatic heterocycles. The van der Waals surface area contributed by atoms with Crippen molar-refractivity contribution < 1.29 is 14.2 Å². The lowest BCUT2D eigenvalue weighted by molar-refractivity contribution is 0.270. The van der Waals surface area contributed by atoms with E-state index in [0.29, 0.717) is 24.7 Å². The number of aromatic nitrogens is 2. The fraction of sp³-hybridized carbons (Fsp3) is 0.300. The molecule has 3 aromatic carbocycles. The molecule has 182 valence electrons. The molecular formula is C30H34N2O3. The minimum absolute atomic E-state index is 0.368. The van der Waals surface area contributed by atoms with E-state index in [1.807, 2.05) is 55.5 Å². The summed E-state index contributed by atoms with van der Waals surface area (Å²) in [7, 11) is 1.66. The maximum absolute atomic E-state index is 6.17. The third kappa shape index (κ3) is 6.04. The molecule has 0 bridgehead atoms. The van der Waals surface area contributed by atoms with Crippen LogP contribution < -0.4 is 14.2 Å². The van der Waals surface area contributed by atoms with Crippen LogP contribution in [0.2, 0.25) is 0 Å². The highest BCUT2D eigenvalue weighted by Crippen LogP contribution is 2.30. The van der Waals surface area contributed by atoms with Crippen molar-refractivity contribution in [2.45, 2.75) is 46.8 Å². The number of methoxy groups -OCH3 is 1. The standard InChI is InChI=1S/C30H34N2O3/c1-5-10-24-14-16-28(29(20-24)33-4)35-21-30-31-26-11-6-7-12-27(26)32(30)17-8-9-18-34-25-15-13-22(2)23(3)19-25/h5-7,10-16,19-20H,8-9,17-18,21H2,1-4H3/b10-5-. The first-order chi connectivity index (χ1) is 17.1. The van der Waals surface area contributed by atoms with Gasteiger partial charge in [-0.2, -0.15) is 0 Å². The van der Waals surface area contributed by atoms with E-state index in [2.05, 4.69) is 42.7 Å². The van der Waals surface area contributed by atoms with E-state index in [0.717, 1.165) is 47.6 Å². The van der Waals surface area contributed by atoms with Crippen molar-refractivity contribution in [2.24, 2.45) is 0 Å². The molecule has 0 aliphatic rings. The number of benzene rings is 3. The SMILES string of the molecule is C/C=C\c1ccc(OCc2nc3ccccc3n2CCCCOc2ccc(C)c(C)c2)c(OC)c1. The first-order valence-electron chi connectivity index (χ1n) is 12.2. The molecule has 0 aliphatic heterocycles. The number of hydrogen-bond acceptors (Lipinski definition) is 4. The maximum atomic E-state index is 6.17. The Labute approximate surface area is 208 Å². The zero-order valence-corrected chi connectivity index (χ0v) is 21.1. The van der Waals surface area contributed by atoms with Crippen LogP contribution in [0.5, 0.6) is 17.2 Å². The van der Waals surface area contributed by atoms with Crippen molar-refractivity contribution in [1.29, 1.82) is 0 Å². The largest absolute Gasteiger partial charge is 0.494 e. The highest BCUT2D eigenvalue weighted by atomic mass is 16.5. The molecule has 4 rings (SSSR count). The Morgan fingerprint density at radius 2 is 1.74 bits per heavy atom. The van der Waals surface area contributed by atoms with Gasteiger partial charge in [0.25, 0.3) is 0 Å². The summed E-state index contributed by atoms with van der Waals surface area (Å²) < 4.78 is 19.9. The molecule has 0 amide bonds. The van der Waals surface area contributed by atoms with Crippen molar-refractivity contribution in [3.05, 3.63) is 89.3 Å². The lowest BCUT2D eigenvalue weighted by Gasteiger charge is -2.13. The number of rotatable bonds is 11. The third-order valence-corrected chi connectivity index (χ3v) is 6.16. The molecule has 0 aliphatic carbocycles. The molecule has 0 N–H and O–H groups in total. The van der Waals surface area contributed by atoms with Crippen LogP contribution in [0.25, 0.3) is 17.1 Å². The summed E-state index contributed by atoms with van der Waals surface area (Å²) in [6, 6.07) is 20.4. The summed E-state index contributed by atoms with van der Waals surface area (Å²) in [6.45, 7) is 8.14. The molecule has 5 nitrogen and oxygen atoms in total. The minimum atomic E-state index is 0.368. The van der Waals surface area contributed by atoms with E-state index < -0.39 is 0 Å². The predicted octanol–water partition coefficient (Wildman–Crippen LogP) is 7.13. The van der Waals surface area contributed by atoms with Gasteiger partial charge in [0.2, 0.25) is 0 Å². The second kappa shape index (κ2) is 11.6. The zero-order valence-electron chi connectivity index (χ0n) is 21.1. The minimum Gasteiger partial charge on any atom is -0.494 e. The first-order valence-corrected chi connectivity index (χ1v) is 12.2. The number of para-hydroxylation sites is 2. The molecule has 5 heteroatoms. The third-order valence-electron chi connectivity index (χ3n) is 6.16. The highest BCUT2D eigenvalue weighted by molar-refractivity contribution is 5.75. The summed E-state index contributed by atoms with van der Waals surface area (Å²) in [4.78, 5) is 4.85. The van der Waals surface area contributed by atoms with E-state index in [9.17, 15) is 0 Å². The van der Waals surface area contributed by atoms with Crippen LogP contribution in [0.4, 0.5) is 0 Å². The number of aryl methyl sites for hydroxylation is 3. The van der Waals surface area contributed by atoms with Gasteiger partial charge in [-0.05, 0) is 86.7 Å². The number of fused-ring (bicyclic) bond motifs is 1. The quantitative estimate of drug-likeness (QED) is 0.219. The molecule has 0 saturated heterocycles. The van der Waals surface area contributed by atoms with Crippen LogP contribution in [0, 0.1) is 13.8 Å². The Balaban J connectivity index is 1.41. The van der Waals surface area contributed by atoms with Crippen molar-refractivity contribution in [3.8, 4) is 17.2 Å². The van der Waals surface area contributed by atoms with Crippen LogP contribution in [-0.2, 0) is 13.2 Å². The maximum Gasteiger partial charge on any atom is 0.161 e. The van der Waals surface area contributed by atoms with Crippen LogP contribution >= 0.6 is 0 Å². The topological polar surface area (TPSA) is 45.5 Å². The number of allylic oxidation sites excluding steroid dienone is 1. The molecule has 35 heavy (non-hydrogen) atoms. The van der Waals surface area contributed by atoms with Gasteiger partial charge < -0.3 is 18.8 Å². The van der Waals surface area contributed by atoms with E-state index in [1.165, 1.54) is 11.1 Å². The van der Waals surface area contributed by atoms with E-state index in [-0.39, 0.29) is 0 Å². The Kier molecular flexibility index (Phi) is 8.09. The average Bonchev–Trinajstić information content (AvgIpc) is 3.22. The van der Waals surface area contributed by atoms with Gasteiger partial charge >= 0.3 is 0 Å². The van der Waals surface area contributed by atoms with E-state index in [1.54, 1.807) is 7.11 Å². The van der Waals surface area contributed by atoms with Gasteiger partial charge in [-0.1, -0.05) is 36.4 Å². The van der Waals surface area contributed by atoms with Gasteiger partial charge in [0.1, 0.15) is 18.2 Å². The predicted molar refractivity (Wildman–Crippen MR) is 142 cm³/mol. The van der Waals surface area contributed by atoms with E-state index in [4.69, 9.17) is 19.2 Å². The zero-order chi connectivity index (χ0) is 24.6. The molecule has 0 radical (unpaired) electrons. The van der Waals surface area contributed by atoms with Crippen LogP contribution in [-0.4, -0.2) is 23.3 Å². The van der Waals surface area contributed by atoms with Gasteiger partial charge in [-0.25, -0.2) is 4.98 Å². The number of nitrogens with zero attached hydrogens (tertiary/aromatic N) is 2. The Hall–Kier alpha value is -3.73. The second-order valence-electron chi connectivity index (χ2n) is 8.67. The van der Waals surface area contributed by atoms with Crippen LogP contribution in [0.3, 0.4) is 0 Å². The number of imidazole rings is 1. The Bertz CT molecular complexity index is 1310. The van der Waals surface area contributed by atoms with E-state index >= 15 is 0 Å². The fourth-order valence-electron chi connectivity index (χ4n) is 4.09. The summed E-state index contributed by atoms with van der Waals surface area (Å²) in [6.07, 6.45) is 5.99. The smallest absolute Gasteiger partial charge is 0.161 e. The molecular weight excluding hydrogens is 436 g/mol. The average molecular weight is 471 g/mol. The van der Waals surface area contributed by atoms with Crippen LogP contribution in [0.1, 0.15) is 42.3 Å². The second-order valence-corrected chi connectivity index (χ2v) is 8.67. The van der Waals surface area contributed by atoms with Crippen molar-refractivity contribution in [1.82, 2.24) is 9.55 Å². The van der Waals surface area contributed by atoms with Crippen molar-refractivity contribution in [3.63, 3.8) is 0 Å². The lowest BCUT2D eigenvalue weighted by atomic mass is 10.1. The summed E-state index contributed by atoms with van der Waals surface area (Å²) in [5.41, 5.74) is 5.71. The lowest BCUT2D eigenvalue weighted by Crippen LogP contribution is -2.09. The van der Waals surface area contributed by atoms with Gasteiger partial charge in [0, 0.05) is 6.54 Å². The summed E-state index contributed by atoms with van der Waals surface area (Å²) in [5.74, 6) is 3.26. The molecule has 0 unspecified atom stereocenters. The van der Waals surface area contributed by atoms with Gasteiger partial charge in [0.05, 0.1) is 24.8 Å². The molecule has 1 heterocycles. The summed E-state index contributed by atoms with van der Waals surface area (Å²) >= 11 is 0. The monoisotopic (exact) mass is 470 g/mol. The normalized spacial score (nSPS) is 11.3. The van der Waals surface area contributed by atoms with Crippen LogP contribution in [0.15, 0.2) is 66.7 Å². The molecule has 0 spiro atoms. The fourth-order valence-corrected chi connectivity index (χ4v) is 4.09. The molecule has 0 fully saturated rings.